The molecule has 28 heavy (non-hydrogen) atoms. The second kappa shape index (κ2) is 7.81. The Kier molecular flexibility index (Phi) is 5.46. The van der Waals surface area contributed by atoms with E-state index < -0.39 is 27.4 Å². The van der Waals surface area contributed by atoms with Gasteiger partial charge < -0.3 is 5.32 Å². The summed E-state index contributed by atoms with van der Waals surface area (Å²) in [4.78, 5) is 12.1. The van der Waals surface area contributed by atoms with Crippen molar-refractivity contribution in [2.24, 2.45) is 0 Å². The number of aromatic nitrogens is 2. The molecule has 0 fully saturated rings. The monoisotopic (exact) mass is 403 g/mol. The lowest BCUT2D eigenvalue weighted by Crippen LogP contribution is -2.13. The third kappa shape index (κ3) is 4.20. The number of carbonyl (C=O) groups excluding carboxylic acids is 1. The van der Waals surface area contributed by atoms with Gasteiger partial charge in [-0.15, -0.1) is 10.2 Å². The Morgan fingerprint density at radius 1 is 1.00 bits per heavy atom. The molecule has 9 heteroatoms. The smallest absolute Gasteiger partial charge is 0.258 e. The first-order valence-corrected chi connectivity index (χ1v) is 9.88. The number of carbonyl (C=O) groups is 1. The lowest BCUT2D eigenvalue weighted by atomic mass is 10.1. The molecule has 144 valence electrons. The maximum atomic E-state index is 13.7. The van der Waals surface area contributed by atoms with E-state index in [1.807, 2.05) is 0 Å². The van der Waals surface area contributed by atoms with Crippen molar-refractivity contribution < 1.29 is 22.0 Å². The molecule has 0 aliphatic carbocycles. The number of halogens is 2. The molecule has 0 saturated carbocycles. The van der Waals surface area contributed by atoms with Crippen molar-refractivity contribution in [3.8, 4) is 11.3 Å². The highest BCUT2D eigenvalue weighted by atomic mass is 32.2. The van der Waals surface area contributed by atoms with Crippen LogP contribution in [0.1, 0.15) is 17.3 Å². The van der Waals surface area contributed by atoms with Gasteiger partial charge in [0.1, 0.15) is 11.6 Å². The zero-order valence-corrected chi connectivity index (χ0v) is 15.5. The maximum absolute atomic E-state index is 13.7. The van der Waals surface area contributed by atoms with Gasteiger partial charge in [-0.05, 0) is 36.4 Å². The first kappa shape index (κ1) is 19.6. The minimum atomic E-state index is -3.43. The van der Waals surface area contributed by atoms with E-state index in [4.69, 9.17) is 0 Å². The molecule has 3 aromatic rings. The van der Waals surface area contributed by atoms with E-state index >= 15 is 0 Å². The van der Waals surface area contributed by atoms with Gasteiger partial charge in [0.05, 0.1) is 17.0 Å². The summed E-state index contributed by atoms with van der Waals surface area (Å²) in [6.45, 7) is 1.52. The maximum Gasteiger partial charge on any atom is 0.258 e. The van der Waals surface area contributed by atoms with Gasteiger partial charge in [0, 0.05) is 17.3 Å². The number of sulfone groups is 1. The first-order chi connectivity index (χ1) is 13.3. The number of hydrogen-bond acceptors (Lipinski definition) is 5. The fraction of sp³-hybridized carbons (Fsp3) is 0.105. The largest absolute Gasteiger partial charge is 0.322 e. The standard InChI is InChI=1S/C19H15F2N3O3S/c1-2-28(26,27)18-10-9-17(23-24-18)12-3-6-14(7-4-12)22-19(25)15-8-5-13(20)11-16(15)21/h3-11H,2H2,1H3,(H,22,25). The van der Waals surface area contributed by atoms with E-state index in [0.717, 1.165) is 12.1 Å². The minimum absolute atomic E-state index is 0.0654. The van der Waals surface area contributed by atoms with Crippen LogP contribution in [-0.2, 0) is 9.84 Å². The van der Waals surface area contributed by atoms with Crippen LogP contribution in [0.15, 0.2) is 59.6 Å². The number of amides is 1. The first-order valence-electron chi connectivity index (χ1n) is 8.23. The van der Waals surface area contributed by atoms with Gasteiger partial charge in [-0.2, -0.15) is 0 Å². The summed E-state index contributed by atoms with van der Waals surface area (Å²) in [5.74, 6) is -2.49. The molecular weight excluding hydrogens is 388 g/mol. The zero-order valence-electron chi connectivity index (χ0n) is 14.7. The van der Waals surface area contributed by atoms with Crippen LogP contribution in [0.25, 0.3) is 11.3 Å². The van der Waals surface area contributed by atoms with Gasteiger partial charge in [0.25, 0.3) is 5.91 Å². The fourth-order valence-corrected chi connectivity index (χ4v) is 3.12. The number of nitrogens with zero attached hydrogens (tertiary/aromatic N) is 2. The topological polar surface area (TPSA) is 89.0 Å². The number of anilines is 1. The molecule has 0 bridgehead atoms. The molecule has 0 saturated heterocycles. The molecule has 6 nitrogen and oxygen atoms in total. The Hall–Kier alpha value is -3.20. The Morgan fingerprint density at radius 3 is 2.29 bits per heavy atom. The van der Waals surface area contributed by atoms with E-state index in [2.05, 4.69) is 15.5 Å². The minimum Gasteiger partial charge on any atom is -0.322 e. The fourth-order valence-electron chi connectivity index (χ4n) is 2.38. The summed E-state index contributed by atoms with van der Waals surface area (Å²) in [7, 11) is -3.43. The van der Waals surface area contributed by atoms with Crippen LogP contribution in [0, 0.1) is 11.6 Å². The Bertz CT molecular complexity index is 1120. The van der Waals surface area contributed by atoms with Gasteiger partial charge >= 0.3 is 0 Å². The molecule has 1 amide bonds. The van der Waals surface area contributed by atoms with Gasteiger partial charge in [-0.25, -0.2) is 17.2 Å². The molecule has 0 spiro atoms. The third-order valence-corrected chi connectivity index (χ3v) is 5.57. The zero-order chi connectivity index (χ0) is 20.3. The number of rotatable bonds is 5. The highest BCUT2D eigenvalue weighted by Gasteiger charge is 2.15. The average Bonchev–Trinajstić information content (AvgIpc) is 2.68. The summed E-state index contributed by atoms with van der Waals surface area (Å²) in [5.41, 5.74) is 1.23. The summed E-state index contributed by atoms with van der Waals surface area (Å²) in [5, 5.41) is 10.1. The van der Waals surface area contributed by atoms with E-state index in [0.29, 0.717) is 23.0 Å². The van der Waals surface area contributed by atoms with E-state index in [1.54, 1.807) is 24.3 Å². The molecule has 0 unspecified atom stereocenters. The molecule has 0 aliphatic heterocycles. The Morgan fingerprint density at radius 2 is 1.71 bits per heavy atom. The number of hydrogen-bond donors (Lipinski definition) is 1. The average molecular weight is 403 g/mol. The van der Waals surface area contributed by atoms with Gasteiger partial charge in [0.15, 0.2) is 14.9 Å². The van der Waals surface area contributed by atoms with Crippen molar-refractivity contribution in [3.05, 3.63) is 71.8 Å². The third-order valence-electron chi connectivity index (χ3n) is 3.95. The summed E-state index contributed by atoms with van der Waals surface area (Å²) in [6, 6.07) is 12.1. The second-order valence-corrected chi connectivity index (χ2v) is 8.04. The van der Waals surface area contributed by atoms with Crippen LogP contribution in [0.5, 0.6) is 0 Å². The molecular formula is C19H15F2N3O3S. The van der Waals surface area contributed by atoms with Crippen LogP contribution in [-0.4, -0.2) is 30.3 Å². The quantitative estimate of drug-likeness (QED) is 0.705. The van der Waals surface area contributed by atoms with Crippen molar-refractivity contribution in [1.82, 2.24) is 10.2 Å². The highest BCUT2D eigenvalue weighted by molar-refractivity contribution is 7.91. The van der Waals surface area contributed by atoms with E-state index in [9.17, 15) is 22.0 Å². The van der Waals surface area contributed by atoms with Gasteiger partial charge in [0.2, 0.25) is 0 Å². The molecule has 1 heterocycles. The molecule has 1 N–H and O–H groups in total. The number of nitrogens with one attached hydrogen (secondary N) is 1. The molecule has 0 radical (unpaired) electrons. The van der Waals surface area contributed by atoms with Gasteiger partial charge in [-0.1, -0.05) is 19.1 Å². The van der Waals surface area contributed by atoms with Crippen LogP contribution < -0.4 is 5.32 Å². The van der Waals surface area contributed by atoms with Gasteiger partial charge in [-0.3, -0.25) is 4.79 Å². The molecule has 1 aromatic heterocycles. The summed E-state index contributed by atoms with van der Waals surface area (Å²) >= 11 is 0. The van der Waals surface area contributed by atoms with Crippen LogP contribution in [0.2, 0.25) is 0 Å². The summed E-state index contributed by atoms with van der Waals surface area (Å²) in [6.07, 6.45) is 0. The van der Waals surface area contributed by atoms with Crippen molar-refractivity contribution in [2.45, 2.75) is 11.9 Å². The Balaban J connectivity index is 1.75. The van der Waals surface area contributed by atoms with Crippen molar-refractivity contribution >= 4 is 21.4 Å². The van der Waals surface area contributed by atoms with Crippen LogP contribution in [0.4, 0.5) is 14.5 Å². The lowest BCUT2D eigenvalue weighted by molar-refractivity contribution is 0.102. The summed E-state index contributed by atoms with van der Waals surface area (Å²) < 4.78 is 50.1. The normalized spacial score (nSPS) is 11.2. The predicted molar refractivity (Wildman–Crippen MR) is 99.5 cm³/mol. The molecule has 3 rings (SSSR count). The van der Waals surface area contributed by atoms with Crippen LogP contribution in [0.3, 0.4) is 0 Å². The van der Waals surface area contributed by atoms with E-state index in [-0.39, 0.29) is 16.3 Å². The molecule has 0 aliphatic rings. The predicted octanol–water partition coefficient (Wildman–Crippen LogP) is 3.47. The SMILES string of the molecule is CCS(=O)(=O)c1ccc(-c2ccc(NC(=O)c3ccc(F)cc3F)cc2)nn1. The molecule has 0 atom stereocenters. The number of benzene rings is 2. The second-order valence-electron chi connectivity index (χ2n) is 5.82. The Labute approximate surface area is 160 Å². The lowest BCUT2D eigenvalue weighted by Gasteiger charge is -2.07. The van der Waals surface area contributed by atoms with E-state index in [1.165, 1.54) is 19.1 Å². The van der Waals surface area contributed by atoms with Crippen LogP contribution >= 0.6 is 0 Å². The highest BCUT2D eigenvalue weighted by Crippen LogP contribution is 2.21. The van der Waals surface area contributed by atoms with Crippen molar-refractivity contribution in [1.29, 1.82) is 0 Å². The van der Waals surface area contributed by atoms with Crippen molar-refractivity contribution in [2.75, 3.05) is 11.1 Å². The molecule has 2 aromatic carbocycles. The van der Waals surface area contributed by atoms with Crippen molar-refractivity contribution in [3.63, 3.8) is 0 Å².